The number of aliphatic hydroxyl groups is 1. The summed E-state index contributed by atoms with van der Waals surface area (Å²) in [7, 11) is 2.84. The lowest BCUT2D eigenvalue weighted by atomic mass is 10.2. The molecule has 0 aliphatic carbocycles. The number of benzene rings is 2. The molecule has 0 saturated carbocycles. The fourth-order valence-corrected chi connectivity index (χ4v) is 2.73. The molecule has 0 atom stereocenters. The van der Waals surface area contributed by atoms with Gasteiger partial charge in [-0.15, -0.1) is 0 Å². The summed E-state index contributed by atoms with van der Waals surface area (Å²) in [5.74, 6) is 0.286. The van der Waals surface area contributed by atoms with E-state index in [1.807, 2.05) is 0 Å². The molecule has 0 bridgehead atoms. The van der Waals surface area contributed by atoms with Crippen molar-refractivity contribution in [1.82, 2.24) is 0 Å². The van der Waals surface area contributed by atoms with Crippen molar-refractivity contribution >= 4 is 35.6 Å². The lowest BCUT2D eigenvalue weighted by molar-refractivity contribution is 0.193. The zero-order chi connectivity index (χ0) is 20.7. The standard InChI is InChI=1S/C19H20Cl2N2O5/c1-27-16-5-13(20)3-11(18(16)25)7-22-9-15(24)10-23-8-12-4-14(21)6-17(28-2)19(12)26/h3-8,15,24-26H,9-10H2,1-2H3. The third-order valence-corrected chi connectivity index (χ3v) is 4.11. The highest BCUT2D eigenvalue weighted by atomic mass is 35.5. The summed E-state index contributed by atoms with van der Waals surface area (Å²) in [4.78, 5) is 8.18. The summed E-state index contributed by atoms with van der Waals surface area (Å²) >= 11 is 11.9. The molecule has 0 spiro atoms. The summed E-state index contributed by atoms with van der Waals surface area (Å²) in [5, 5.41) is 30.8. The number of phenols is 2. The van der Waals surface area contributed by atoms with Crippen LogP contribution < -0.4 is 9.47 Å². The first-order valence-corrected chi connectivity index (χ1v) is 8.92. The number of rotatable bonds is 8. The van der Waals surface area contributed by atoms with Crippen LogP contribution in [0.15, 0.2) is 34.3 Å². The van der Waals surface area contributed by atoms with Gasteiger partial charge in [0.1, 0.15) is 0 Å². The first-order chi connectivity index (χ1) is 13.3. The van der Waals surface area contributed by atoms with Crippen molar-refractivity contribution in [2.24, 2.45) is 9.98 Å². The SMILES string of the molecule is COc1cc(Cl)cc(C=NCC(O)CN=Cc2cc(Cl)cc(OC)c2O)c1O. The smallest absolute Gasteiger partial charge is 0.166 e. The van der Waals surface area contributed by atoms with Gasteiger partial charge < -0.3 is 24.8 Å². The zero-order valence-corrected chi connectivity index (χ0v) is 16.8. The van der Waals surface area contributed by atoms with Crippen molar-refractivity contribution < 1.29 is 24.8 Å². The monoisotopic (exact) mass is 426 g/mol. The second-order valence-electron chi connectivity index (χ2n) is 5.73. The fraction of sp³-hybridized carbons (Fsp3) is 0.263. The molecule has 2 rings (SSSR count). The first kappa shape index (κ1) is 21.8. The molecular formula is C19H20Cl2N2O5. The number of aromatic hydroxyl groups is 2. The van der Waals surface area contributed by atoms with E-state index in [0.29, 0.717) is 21.2 Å². The van der Waals surface area contributed by atoms with E-state index in [2.05, 4.69) is 9.98 Å². The van der Waals surface area contributed by atoms with Crippen molar-refractivity contribution in [3.8, 4) is 23.0 Å². The van der Waals surface area contributed by atoms with Gasteiger partial charge in [0.05, 0.1) is 33.4 Å². The molecule has 9 heteroatoms. The number of ether oxygens (including phenoxy) is 2. The third kappa shape index (κ3) is 5.76. The molecule has 0 saturated heterocycles. The number of aliphatic imine (C=N–C) groups is 2. The van der Waals surface area contributed by atoms with Crippen LogP contribution in [0.5, 0.6) is 23.0 Å². The van der Waals surface area contributed by atoms with Crippen LogP contribution in [0.1, 0.15) is 11.1 Å². The van der Waals surface area contributed by atoms with Gasteiger partial charge >= 0.3 is 0 Å². The normalized spacial score (nSPS) is 12.6. The molecule has 0 unspecified atom stereocenters. The molecule has 2 aromatic rings. The maximum absolute atomic E-state index is 10.0. The van der Waals surface area contributed by atoms with Crippen LogP contribution in [-0.2, 0) is 0 Å². The van der Waals surface area contributed by atoms with Crippen molar-refractivity contribution in [3.05, 3.63) is 45.4 Å². The molecule has 7 nitrogen and oxygen atoms in total. The number of hydrogen-bond donors (Lipinski definition) is 3. The van der Waals surface area contributed by atoms with Crippen LogP contribution in [-0.4, -0.2) is 61.2 Å². The highest BCUT2D eigenvalue weighted by Crippen LogP contribution is 2.33. The third-order valence-electron chi connectivity index (χ3n) is 3.67. The maximum atomic E-state index is 10.0. The summed E-state index contributed by atoms with van der Waals surface area (Å²) in [6.45, 7) is 0.104. The Morgan fingerprint density at radius 3 is 1.61 bits per heavy atom. The van der Waals surface area contributed by atoms with Gasteiger partial charge in [0, 0.05) is 45.7 Å². The summed E-state index contributed by atoms with van der Waals surface area (Å²) in [5.41, 5.74) is 0.743. The molecule has 0 fully saturated rings. The molecule has 28 heavy (non-hydrogen) atoms. The Bertz CT molecular complexity index is 816. The molecule has 0 radical (unpaired) electrons. The Morgan fingerprint density at radius 2 is 1.25 bits per heavy atom. The molecule has 2 aromatic carbocycles. The molecular weight excluding hydrogens is 407 g/mol. The molecule has 0 heterocycles. The number of halogens is 2. The number of aliphatic hydroxyl groups excluding tert-OH is 1. The highest BCUT2D eigenvalue weighted by molar-refractivity contribution is 6.31. The summed E-state index contributed by atoms with van der Waals surface area (Å²) in [6, 6.07) is 6.03. The zero-order valence-electron chi connectivity index (χ0n) is 15.3. The van der Waals surface area contributed by atoms with Gasteiger partial charge in [-0.2, -0.15) is 0 Å². The lowest BCUT2D eigenvalue weighted by Crippen LogP contribution is -2.15. The second-order valence-corrected chi connectivity index (χ2v) is 6.61. The average Bonchev–Trinajstić information content (AvgIpc) is 2.66. The minimum absolute atomic E-state index is 0.0520. The van der Waals surface area contributed by atoms with Crippen molar-refractivity contribution in [1.29, 1.82) is 0 Å². The van der Waals surface area contributed by atoms with Gasteiger partial charge in [0.25, 0.3) is 0 Å². The van der Waals surface area contributed by atoms with Crippen LogP contribution in [0.3, 0.4) is 0 Å². The van der Waals surface area contributed by atoms with Crippen molar-refractivity contribution in [3.63, 3.8) is 0 Å². The van der Waals surface area contributed by atoms with Gasteiger partial charge in [-0.25, -0.2) is 0 Å². The van der Waals surface area contributed by atoms with Gasteiger partial charge in [0.2, 0.25) is 0 Å². The summed E-state index contributed by atoms with van der Waals surface area (Å²) < 4.78 is 10.0. The Labute approximate surface area is 172 Å². The Morgan fingerprint density at radius 1 is 0.857 bits per heavy atom. The molecule has 0 aliphatic rings. The molecule has 0 aromatic heterocycles. The minimum Gasteiger partial charge on any atom is -0.504 e. The van der Waals surface area contributed by atoms with Crippen LogP contribution in [0, 0.1) is 0 Å². The molecule has 0 amide bonds. The average molecular weight is 427 g/mol. The van der Waals surface area contributed by atoms with Gasteiger partial charge in [-0.1, -0.05) is 23.2 Å². The summed E-state index contributed by atoms with van der Waals surface area (Å²) in [6.07, 6.45) is 1.92. The van der Waals surface area contributed by atoms with E-state index in [1.165, 1.54) is 50.9 Å². The van der Waals surface area contributed by atoms with Crippen LogP contribution in [0.4, 0.5) is 0 Å². The highest BCUT2D eigenvalue weighted by Gasteiger charge is 2.10. The quantitative estimate of drug-likeness (QED) is 0.561. The van der Waals surface area contributed by atoms with E-state index in [-0.39, 0.29) is 36.1 Å². The predicted molar refractivity (Wildman–Crippen MR) is 110 cm³/mol. The number of methoxy groups -OCH3 is 2. The maximum Gasteiger partial charge on any atom is 0.166 e. The molecule has 3 N–H and O–H groups in total. The van der Waals surface area contributed by atoms with Gasteiger partial charge in [-0.05, 0) is 12.1 Å². The van der Waals surface area contributed by atoms with E-state index in [1.54, 1.807) is 0 Å². The molecule has 0 aliphatic heterocycles. The van der Waals surface area contributed by atoms with E-state index in [4.69, 9.17) is 32.7 Å². The van der Waals surface area contributed by atoms with Gasteiger partial charge in [-0.3, -0.25) is 9.98 Å². The predicted octanol–water partition coefficient (Wildman–Crippen LogP) is 3.32. The van der Waals surface area contributed by atoms with Crippen molar-refractivity contribution in [2.75, 3.05) is 27.3 Å². The van der Waals surface area contributed by atoms with Crippen LogP contribution >= 0.6 is 23.2 Å². The van der Waals surface area contributed by atoms with Gasteiger partial charge in [0.15, 0.2) is 23.0 Å². The number of nitrogens with zero attached hydrogens (tertiary/aromatic N) is 2. The first-order valence-electron chi connectivity index (χ1n) is 8.16. The van der Waals surface area contributed by atoms with Crippen LogP contribution in [0.25, 0.3) is 0 Å². The van der Waals surface area contributed by atoms with E-state index in [0.717, 1.165) is 0 Å². The van der Waals surface area contributed by atoms with E-state index in [9.17, 15) is 15.3 Å². The topological polar surface area (TPSA) is 104 Å². The Kier molecular flexibility index (Phi) is 7.92. The van der Waals surface area contributed by atoms with Crippen molar-refractivity contribution in [2.45, 2.75) is 6.10 Å². The second kappa shape index (κ2) is 10.2. The van der Waals surface area contributed by atoms with Crippen LogP contribution in [0.2, 0.25) is 10.0 Å². The molecule has 150 valence electrons. The largest absolute Gasteiger partial charge is 0.504 e. The number of phenolic OH excluding ortho intramolecular Hbond substituents is 2. The number of hydrogen-bond acceptors (Lipinski definition) is 7. The lowest BCUT2D eigenvalue weighted by Gasteiger charge is -2.08. The minimum atomic E-state index is -0.862. The Hall–Kier alpha value is -2.48. The van der Waals surface area contributed by atoms with E-state index < -0.39 is 6.10 Å². The Balaban J connectivity index is 1.98. The van der Waals surface area contributed by atoms with E-state index >= 15 is 0 Å². The fourth-order valence-electron chi connectivity index (χ4n) is 2.30.